The van der Waals surface area contributed by atoms with Crippen molar-refractivity contribution in [1.29, 1.82) is 0 Å². The van der Waals surface area contributed by atoms with Crippen LogP contribution in [0.15, 0.2) is 72.3 Å². The topological polar surface area (TPSA) is 76.1 Å². The number of rotatable bonds is 7. The molecule has 3 aromatic carbocycles. The Labute approximate surface area is 250 Å². The summed E-state index contributed by atoms with van der Waals surface area (Å²) in [6.07, 6.45) is -0.000474. The summed E-state index contributed by atoms with van der Waals surface area (Å²) >= 11 is 0. The Hall–Kier alpha value is -4.06. The molecular formula is C36H43NO5. The molecule has 4 rings (SSSR count). The van der Waals surface area contributed by atoms with Gasteiger partial charge >= 0.3 is 0 Å². The van der Waals surface area contributed by atoms with Crippen molar-refractivity contribution in [1.82, 2.24) is 0 Å². The predicted molar refractivity (Wildman–Crippen MR) is 168 cm³/mol. The van der Waals surface area contributed by atoms with Crippen LogP contribution < -0.4 is 14.4 Å². The summed E-state index contributed by atoms with van der Waals surface area (Å²) in [6.45, 7) is 18.9. The highest BCUT2D eigenvalue weighted by Gasteiger charge is 2.47. The fourth-order valence-corrected chi connectivity index (χ4v) is 5.24. The second kappa shape index (κ2) is 11.7. The summed E-state index contributed by atoms with van der Waals surface area (Å²) in [5.41, 5.74) is 3.42. The average Bonchev–Trinajstić information content (AvgIpc) is 3.18. The van der Waals surface area contributed by atoms with Gasteiger partial charge in [0.1, 0.15) is 17.3 Å². The van der Waals surface area contributed by atoms with Gasteiger partial charge in [0, 0.05) is 16.8 Å². The van der Waals surface area contributed by atoms with Crippen LogP contribution >= 0.6 is 0 Å². The number of nitrogens with zero attached hydrogens (tertiary/aromatic N) is 1. The van der Waals surface area contributed by atoms with Crippen LogP contribution in [0.5, 0.6) is 11.5 Å². The maximum atomic E-state index is 13.7. The Kier molecular flexibility index (Phi) is 8.58. The van der Waals surface area contributed by atoms with E-state index in [1.54, 1.807) is 6.07 Å². The third-order valence-corrected chi connectivity index (χ3v) is 7.38. The molecule has 0 aromatic heterocycles. The molecule has 3 aromatic rings. The molecule has 0 spiro atoms. The highest BCUT2D eigenvalue weighted by atomic mass is 16.5. The Morgan fingerprint density at radius 1 is 0.881 bits per heavy atom. The van der Waals surface area contributed by atoms with E-state index < -0.39 is 17.7 Å². The fourth-order valence-electron chi connectivity index (χ4n) is 5.24. The first kappa shape index (κ1) is 30.9. The minimum absolute atomic E-state index is 0.000474. The molecule has 1 atom stereocenters. The molecule has 1 heterocycles. The lowest BCUT2D eigenvalue weighted by atomic mass is 9.84. The molecule has 1 N–H and O–H groups in total. The summed E-state index contributed by atoms with van der Waals surface area (Å²) < 4.78 is 11.7. The van der Waals surface area contributed by atoms with Crippen LogP contribution in [-0.4, -0.2) is 29.5 Å². The van der Waals surface area contributed by atoms with E-state index in [4.69, 9.17) is 9.47 Å². The van der Waals surface area contributed by atoms with E-state index in [1.807, 2.05) is 81.4 Å². The molecular weight excluding hydrogens is 526 g/mol. The molecule has 42 heavy (non-hydrogen) atoms. The van der Waals surface area contributed by atoms with Crippen LogP contribution in [0.2, 0.25) is 0 Å². The number of benzene rings is 3. The van der Waals surface area contributed by atoms with Gasteiger partial charge < -0.3 is 14.6 Å². The van der Waals surface area contributed by atoms with Crippen LogP contribution in [0.25, 0.3) is 5.76 Å². The van der Waals surface area contributed by atoms with Crippen molar-refractivity contribution in [3.63, 3.8) is 0 Å². The van der Waals surface area contributed by atoms with Gasteiger partial charge in [-0.15, -0.1) is 0 Å². The lowest BCUT2D eigenvalue weighted by Gasteiger charge is -2.27. The van der Waals surface area contributed by atoms with E-state index in [0.29, 0.717) is 29.2 Å². The van der Waals surface area contributed by atoms with Crippen molar-refractivity contribution in [3.8, 4) is 11.5 Å². The van der Waals surface area contributed by atoms with Crippen LogP contribution in [0.1, 0.15) is 90.6 Å². The van der Waals surface area contributed by atoms with Crippen molar-refractivity contribution < 1.29 is 24.2 Å². The molecule has 1 fully saturated rings. The van der Waals surface area contributed by atoms with E-state index in [1.165, 1.54) is 4.90 Å². The number of hydrogen-bond donors (Lipinski definition) is 1. The van der Waals surface area contributed by atoms with Crippen molar-refractivity contribution in [2.75, 3.05) is 11.5 Å². The van der Waals surface area contributed by atoms with Gasteiger partial charge in [-0.2, -0.15) is 0 Å². The van der Waals surface area contributed by atoms with Crippen LogP contribution in [0, 0.1) is 0 Å². The Balaban J connectivity index is 1.91. The molecule has 222 valence electrons. The first-order chi connectivity index (χ1) is 19.6. The molecule has 1 aliphatic heterocycles. The van der Waals surface area contributed by atoms with Crippen molar-refractivity contribution >= 4 is 23.1 Å². The summed E-state index contributed by atoms with van der Waals surface area (Å²) in [5.74, 6) is -0.233. The maximum Gasteiger partial charge on any atom is 0.300 e. The molecule has 1 saturated heterocycles. The Bertz CT molecular complexity index is 1490. The number of amides is 1. The largest absolute Gasteiger partial charge is 0.507 e. The van der Waals surface area contributed by atoms with Crippen LogP contribution in [0.4, 0.5) is 5.69 Å². The van der Waals surface area contributed by atoms with Crippen molar-refractivity contribution in [2.45, 2.75) is 85.3 Å². The summed E-state index contributed by atoms with van der Waals surface area (Å²) in [7, 11) is 0. The zero-order valence-corrected chi connectivity index (χ0v) is 26.2. The molecule has 1 aliphatic rings. The molecule has 0 aliphatic carbocycles. The quantitative estimate of drug-likeness (QED) is 0.177. The minimum atomic E-state index is -0.830. The van der Waals surface area contributed by atoms with E-state index in [2.05, 4.69) is 41.5 Å². The fraction of sp³-hybridized carbons (Fsp3) is 0.389. The molecule has 6 heteroatoms. The normalized spacial score (nSPS) is 17.2. The lowest BCUT2D eigenvalue weighted by Crippen LogP contribution is -2.29. The smallest absolute Gasteiger partial charge is 0.300 e. The summed E-state index contributed by atoms with van der Waals surface area (Å²) in [4.78, 5) is 28.9. The average molecular weight is 570 g/mol. The number of hydrogen-bond acceptors (Lipinski definition) is 5. The van der Waals surface area contributed by atoms with E-state index >= 15 is 0 Å². The van der Waals surface area contributed by atoms with Gasteiger partial charge in [-0.1, -0.05) is 65.8 Å². The van der Waals surface area contributed by atoms with Gasteiger partial charge in [0.25, 0.3) is 11.7 Å². The van der Waals surface area contributed by atoms with Crippen LogP contribution in [-0.2, 0) is 20.4 Å². The number of Topliss-reactive ketones (excluding diaryl/α,β-unsaturated/α-hetero) is 1. The van der Waals surface area contributed by atoms with Gasteiger partial charge in [-0.3, -0.25) is 14.5 Å². The third-order valence-electron chi connectivity index (χ3n) is 7.38. The number of carbonyl (C=O) groups is 2. The first-order valence-corrected chi connectivity index (χ1v) is 14.6. The first-order valence-electron chi connectivity index (χ1n) is 14.6. The summed E-state index contributed by atoms with van der Waals surface area (Å²) in [6, 6.07) is 19.6. The number of carbonyl (C=O) groups excluding carboxylic acids is 2. The lowest BCUT2D eigenvalue weighted by molar-refractivity contribution is -0.132. The van der Waals surface area contributed by atoms with Gasteiger partial charge in [-0.05, 0) is 85.2 Å². The van der Waals surface area contributed by atoms with E-state index in [0.717, 1.165) is 16.9 Å². The highest BCUT2D eigenvalue weighted by molar-refractivity contribution is 6.51. The molecule has 1 amide bonds. The van der Waals surface area contributed by atoms with Gasteiger partial charge in [0.15, 0.2) is 0 Å². The number of aliphatic hydroxyl groups excluding tert-OH is 1. The maximum absolute atomic E-state index is 13.7. The van der Waals surface area contributed by atoms with E-state index in [9.17, 15) is 14.7 Å². The number of anilines is 1. The van der Waals surface area contributed by atoms with Gasteiger partial charge in [0.05, 0.1) is 24.3 Å². The summed E-state index contributed by atoms with van der Waals surface area (Å²) in [5, 5.41) is 11.8. The molecule has 0 bridgehead atoms. The monoisotopic (exact) mass is 569 g/mol. The Morgan fingerprint density at radius 3 is 2.02 bits per heavy atom. The predicted octanol–water partition coefficient (Wildman–Crippen LogP) is 8.09. The number of aliphatic hydroxyl groups is 1. The Morgan fingerprint density at radius 2 is 1.50 bits per heavy atom. The SMILES string of the molecule is CCOc1ccc(/C(O)=C2/C(=O)C(=O)N(c3ccc(C(C)(C)C)cc3)C2c2ccc(OC(C)C)cc2)cc1C(C)(C)C. The number of ketones is 1. The number of ether oxygens (including phenoxy) is 2. The van der Waals surface area contributed by atoms with Crippen molar-refractivity contribution in [3.05, 3.63) is 94.6 Å². The molecule has 0 saturated carbocycles. The zero-order valence-electron chi connectivity index (χ0n) is 26.2. The standard InChI is InChI=1S/C36H43NO5/c1-10-41-29-20-13-24(21-28(29)36(7,8)9)32(38)30-31(23-11-18-27(19-12-23)42-22(2)3)37(34(40)33(30)39)26-16-14-25(15-17-26)35(4,5)6/h11-22,31,38H,10H2,1-9H3/b32-30-. The van der Waals surface area contributed by atoms with Gasteiger partial charge in [0.2, 0.25) is 0 Å². The third kappa shape index (κ3) is 6.23. The second-order valence-electron chi connectivity index (χ2n) is 13.1. The van der Waals surface area contributed by atoms with E-state index in [-0.39, 0.29) is 28.3 Å². The molecule has 1 unspecified atom stereocenters. The minimum Gasteiger partial charge on any atom is -0.507 e. The molecule has 6 nitrogen and oxygen atoms in total. The van der Waals surface area contributed by atoms with Crippen LogP contribution in [0.3, 0.4) is 0 Å². The van der Waals surface area contributed by atoms with Crippen molar-refractivity contribution in [2.24, 2.45) is 0 Å². The zero-order chi connectivity index (χ0) is 31.0. The second-order valence-corrected chi connectivity index (χ2v) is 13.1. The molecule has 0 radical (unpaired) electrons. The van der Waals surface area contributed by atoms with Gasteiger partial charge in [-0.25, -0.2) is 0 Å². The highest BCUT2D eigenvalue weighted by Crippen LogP contribution is 2.44.